The third kappa shape index (κ3) is 6.08. The average Bonchev–Trinajstić information content (AvgIpc) is 3.04. The van der Waals surface area contributed by atoms with E-state index in [0.717, 1.165) is 0 Å². The van der Waals surface area contributed by atoms with Crippen molar-refractivity contribution >= 4 is 52.6 Å². The first kappa shape index (κ1) is 30.1. The summed E-state index contributed by atoms with van der Waals surface area (Å²) in [6.45, 7) is 5.09. The quantitative estimate of drug-likeness (QED) is 0.342. The Hall–Kier alpha value is -3.10. The minimum absolute atomic E-state index is 0. The summed E-state index contributed by atoms with van der Waals surface area (Å²) < 4.78 is 0. The van der Waals surface area contributed by atoms with Gasteiger partial charge in [0.05, 0.1) is 21.0 Å². The standard InChI is InChI=1S/C26H28Cl2N2O6.CH4/c1-25(2)16(11-12-26(25,3)24(35)36)21(31)30-19(23(33)34)13-14-7-9-15(10-8-14)29-22(32)20-17(27)5-4-6-18(20)28;/h4-10,16,19H,11-13H2,1-3H3,(H,29,32)(H,30,31)(H,33,34)(H,35,36);1H4/t16-,19+,26+;/m1./s1. The van der Waals surface area contributed by atoms with E-state index in [1.54, 1.807) is 63.2 Å². The van der Waals surface area contributed by atoms with Crippen molar-refractivity contribution in [1.82, 2.24) is 5.32 Å². The zero-order valence-electron chi connectivity index (χ0n) is 20.1. The van der Waals surface area contributed by atoms with Crippen LogP contribution < -0.4 is 10.6 Å². The first-order chi connectivity index (χ1) is 16.8. The van der Waals surface area contributed by atoms with Crippen LogP contribution in [0.5, 0.6) is 0 Å². The van der Waals surface area contributed by atoms with Gasteiger partial charge in [-0.2, -0.15) is 0 Å². The van der Waals surface area contributed by atoms with Crippen LogP contribution in [0.3, 0.4) is 0 Å². The molecule has 1 aliphatic carbocycles. The van der Waals surface area contributed by atoms with Crippen LogP contribution in [-0.4, -0.2) is 40.0 Å². The van der Waals surface area contributed by atoms with Crippen molar-refractivity contribution < 1.29 is 29.4 Å². The molecular weight excluding hydrogens is 519 g/mol. The van der Waals surface area contributed by atoms with Crippen LogP contribution in [-0.2, 0) is 20.8 Å². The fraction of sp³-hybridized carbons (Fsp3) is 0.407. The molecule has 8 nitrogen and oxygen atoms in total. The van der Waals surface area contributed by atoms with Gasteiger partial charge in [0.2, 0.25) is 5.91 Å². The number of hydrogen-bond acceptors (Lipinski definition) is 4. The first-order valence-electron chi connectivity index (χ1n) is 11.4. The van der Waals surface area contributed by atoms with Gasteiger partial charge in [0.15, 0.2) is 0 Å². The van der Waals surface area contributed by atoms with E-state index >= 15 is 0 Å². The van der Waals surface area contributed by atoms with Crippen molar-refractivity contribution in [3.05, 3.63) is 63.6 Å². The van der Waals surface area contributed by atoms with E-state index in [2.05, 4.69) is 10.6 Å². The van der Waals surface area contributed by atoms with E-state index in [4.69, 9.17) is 23.2 Å². The summed E-state index contributed by atoms with van der Waals surface area (Å²) in [6, 6.07) is 10.1. The van der Waals surface area contributed by atoms with Crippen molar-refractivity contribution in [2.45, 2.75) is 53.5 Å². The summed E-state index contributed by atoms with van der Waals surface area (Å²) in [7, 11) is 0. The number of carboxylic acids is 2. The minimum atomic E-state index is -1.20. The van der Waals surface area contributed by atoms with Gasteiger partial charge in [-0.25, -0.2) is 4.79 Å². The van der Waals surface area contributed by atoms with E-state index < -0.39 is 46.5 Å². The fourth-order valence-electron chi connectivity index (χ4n) is 4.68. The van der Waals surface area contributed by atoms with Gasteiger partial charge in [-0.15, -0.1) is 0 Å². The van der Waals surface area contributed by atoms with Crippen LogP contribution >= 0.6 is 23.2 Å². The van der Waals surface area contributed by atoms with Crippen molar-refractivity contribution in [2.75, 3.05) is 5.32 Å². The topological polar surface area (TPSA) is 133 Å². The van der Waals surface area contributed by atoms with Gasteiger partial charge in [-0.3, -0.25) is 14.4 Å². The Morgan fingerprint density at radius 3 is 2.05 bits per heavy atom. The molecule has 1 saturated carbocycles. The zero-order valence-corrected chi connectivity index (χ0v) is 21.6. The third-order valence-corrected chi connectivity index (χ3v) is 8.10. The van der Waals surface area contributed by atoms with E-state index in [1.165, 1.54) is 0 Å². The smallest absolute Gasteiger partial charge is 0.326 e. The number of carbonyl (C=O) groups excluding carboxylic acids is 2. The summed E-state index contributed by atoms with van der Waals surface area (Å²) in [5, 5.41) is 25.1. The van der Waals surface area contributed by atoms with Crippen LogP contribution in [0.25, 0.3) is 0 Å². The van der Waals surface area contributed by atoms with Gasteiger partial charge < -0.3 is 20.8 Å². The molecule has 200 valence electrons. The second-order valence-electron chi connectivity index (χ2n) is 9.80. The lowest BCUT2D eigenvalue weighted by Gasteiger charge is -2.38. The lowest BCUT2D eigenvalue weighted by atomic mass is 9.65. The average molecular weight is 551 g/mol. The number of carbonyl (C=O) groups is 4. The van der Waals surface area contributed by atoms with Crippen LogP contribution in [0.2, 0.25) is 10.0 Å². The molecule has 2 amide bonds. The van der Waals surface area contributed by atoms with Gasteiger partial charge >= 0.3 is 11.9 Å². The Kier molecular flexibility index (Phi) is 9.38. The third-order valence-electron chi connectivity index (χ3n) is 7.47. The zero-order chi connectivity index (χ0) is 26.8. The van der Waals surface area contributed by atoms with Crippen LogP contribution in [0.4, 0.5) is 5.69 Å². The van der Waals surface area contributed by atoms with E-state index in [-0.39, 0.29) is 29.5 Å². The molecule has 0 saturated heterocycles. The molecule has 0 aliphatic heterocycles. The summed E-state index contributed by atoms with van der Waals surface area (Å²) in [5.41, 5.74) is -0.709. The van der Waals surface area contributed by atoms with Gasteiger partial charge in [0.1, 0.15) is 6.04 Å². The Labute approximate surface area is 226 Å². The number of hydrogen-bond donors (Lipinski definition) is 4. The molecule has 2 aromatic rings. The molecule has 1 aliphatic rings. The maximum atomic E-state index is 13.0. The van der Waals surface area contributed by atoms with Gasteiger partial charge in [-0.05, 0) is 55.0 Å². The Balaban J connectivity index is 0.00000481. The van der Waals surface area contributed by atoms with Gasteiger partial charge in [0, 0.05) is 18.0 Å². The van der Waals surface area contributed by atoms with Crippen molar-refractivity contribution in [3.8, 4) is 0 Å². The molecule has 2 aromatic carbocycles. The molecular formula is C27H32Cl2N2O6. The van der Waals surface area contributed by atoms with Crippen LogP contribution in [0, 0.1) is 16.7 Å². The van der Waals surface area contributed by atoms with Crippen LogP contribution in [0.15, 0.2) is 42.5 Å². The van der Waals surface area contributed by atoms with Gasteiger partial charge in [-0.1, -0.05) is 62.7 Å². The molecule has 37 heavy (non-hydrogen) atoms. The first-order valence-corrected chi connectivity index (χ1v) is 12.1. The highest BCUT2D eigenvalue weighted by Gasteiger charge is 2.58. The predicted octanol–water partition coefficient (Wildman–Crippen LogP) is 5.52. The molecule has 4 N–H and O–H groups in total. The minimum Gasteiger partial charge on any atom is -0.481 e. The molecule has 3 rings (SSSR count). The fourth-order valence-corrected chi connectivity index (χ4v) is 5.25. The Morgan fingerprint density at radius 2 is 1.57 bits per heavy atom. The number of nitrogens with one attached hydrogen (secondary N) is 2. The molecule has 0 heterocycles. The van der Waals surface area contributed by atoms with Gasteiger partial charge in [0.25, 0.3) is 5.91 Å². The lowest BCUT2D eigenvalue weighted by molar-refractivity contribution is -0.155. The normalized spacial score (nSPS) is 20.8. The monoisotopic (exact) mass is 550 g/mol. The van der Waals surface area contributed by atoms with E-state index in [9.17, 15) is 29.4 Å². The Morgan fingerprint density at radius 1 is 1.00 bits per heavy atom. The molecule has 0 radical (unpaired) electrons. The van der Waals surface area contributed by atoms with Crippen LogP contribution in [0.1, 0.15) is 57.0 Å². The summed E-state index contributed by atoms with van der Waals surface area (Å²) in [5.74, 6) is -3.76. The molecule has 0 unspecified atom stereocenters. The van der Waals surface area contributed by atoms with Crippen molar-refractivity contribution in [1.29, 1.82) is 0 Å². The number of aliphatic carboxylic acids is 2. The number of rotatable bonds is 8. The number of amides is 2. The molecule has 0 spiro atoms. The molecule has 1 fully saturated rings. The number of carboxylic acid groups (broad SMARTS) is 2. The molecule has 0 aromatic heterocycles. The highest BCUT2D eigenvalue weighted by atomic mass is 35.5. The van der Waals surface area contributed by atoms with E-state index in [1.807, 2.05) is 0 Å². The number of benzene rings is 2. The highest BCUT2D eigenvalue weighted by molar-refractivity contribution is 6.40. The Bertz CT molecular complexity index is 1180. The summed E-state index contributed by atoms with van der Waals surface area (Å²) >= 11 is 12.2. The molecule has 10 heteroatoms. The largest absolute Gasteiger partial charge is 0.481 e. The second-order valence-corrected chi connectivity index (χ2v) is 10.6. The van der Waals surface area contributed by atoms with Crippen molar-refractivity contribution in [3.63, 3.8) is 0 Å². The number of anilines is 1. The van der Waals surface area contributed by atoms with Crippen molar-refractivity contribution in [2.24, 2.45) is 16.7 Å². The predicted molar refractivity (Wildman–Crippen MR) is 143 cm³/mol. The lowest BCUT2D eigenvalue weighted by Crippen LogP contribution is -2.49. The summed E-state index contributed by atoms with van der Waals surface area (Å²) in [4.78, 5) is 49.3. The molecule has 0 bridgehead atoms. The second kappa shape index (κ2) is 11.5. The number of halogens is 2. The maximum absolute atomic E-state index is 13.0. The molecule has 3 atom stereocenters. The SMILES string of the molecule is C.CC1(C)[C@@H](C(=O)N[C@@H](Cc2ccc(NC(=O)c3c(Cl)cccc3Cl)cc2)C(=O)O)CC[C@@]1(C)C(=O)O. The summed E-state index contributed by atoms with van der Waals surface area (Å²) in [6.07, 6.45) is 0.699. The highest BCUT2D eigenvalue weighted by Crippen LogP contribution is 2.56. The van der Waals surface area contributed by atoms with E-state index in [0.29, 0.717) is 24.1 Å². The maximum Gasteiger partial charge on any atom is 0.326 e.